The van der Waals surface area contributed by atoms with Gasteiger partial charge in [0.05, 0.1) is 0 Å². The molecule has 166 valence electrons. The number of nitrogens with zero attached hydrogens (tertiary/aromatic N) is 3. The molecule has 0 amide bonds. The maximum atomic E-state index is 12.4. The van der Waals surface area contributed by atoms with Gasteiger partial charge in [-0.1, -0.05) is 25.7 Å². The summed E-state index contributed by atoms with van der Waals surface area (Å²) in [7, 11) is -4.76. The number of sulfonamides is 1. The van der Waals surface area contributed by atoms with Crippen molar-refractivity contribution in [3.05, 3.63) is 34.9 Å². The van der Waals surface area contributed by atoms with Crippen molar-refractivity contribution in [2.45, 2.75) is 37.3 Å². The second kappa shape index (κ2) is 8.62. The standard InChI is InChI=1S/C20H25BrN4O4SSi/c1-31(2,3)9-8-28-13-25-20-16(11-15(21)12-22-20)19(24-25)14-4-5-18-17(10-14)29-7-6-23-30(18,26)27/h4-5,10-12,23H,6-9,13H2,1-3H3. The summed E-state index contributed by atoms with van der Waals surface area (Å²) in [5, 5.41) is 5.59. The Balaban J connectivity index is 1.71. The minimum Gasteiger partial charge on any atom is -0.491 e. The van der Waals surface area contributed by atoms with Crippen molar-refractivity contribution in [3.8, 4) is 17.0 Å². The van der Waals surface area contributed by atoms with Crippen LogP contribution < -0.4 is 9.46 Å². The predicted molar refractivity (Wildman–Crippen MR) is 125 cm³/mol. The summed E-state index contributed by atoms with van der Waals surface area (Å²) in [5.74, 6) is 0.319. The number of ether oxygens (including phenoxy) is 2. The summed E-state index contributed by atoms with van der Waals surface area (Å²) in [4.78, 5) is 4.66. The quantitative estimate of drug-likeness (QED) is 0.388. The summed E-state index contributed by atoms with van der Waals surface area (Å²) in [6.07, 6.45) is 1.73. The summed E-state index contributed by atoms with van der Waals surface area (Å²) >= 11 is 3.48. The van der Waals surface area contributed by atoms with E-state index in [0.717, 1.165) is 21.5 Å². The van der Waals surface area contributed by atoms with Crippen molar-refractivity contribution >= 4 is 45.1 Å². The van der Waals surface area contributed by atoms with Gasteiger partial charge in [-0.15, -0.1) is 0 Å². The summed E-state index contributed by atoms with van der Waals surface area (Å²) in [6.45, 7) is 8.42. The van der Waals surface area contributed by atoms with Crippen LogP contribution >= 0.6 is 15.9 Å². The number of aromatic nitrogens is 3. The third-order valence-electron chi connectivity index (χ3n) is 4.92. The van der Waals surface area contributed by atoms with Gasteiger partial charge in [0.2, 0.25) is 10.0 Å². The molecule has 3 aromatic rings. The van der Waals surface area contributed by atoms with Crippen molar-refractivity contribution in [1.29, 1.82) is 0 Å². The molecule has 3 heterocycles. The highest BCUT2D eigenvalue weighted by Gasteiger charge is 2.24. The minimum absolute atomic E-state index is 0.131. The lowest BCUT2D eigenvalue weighted by Gasteiger charge is -2.15. The molecule has 0 atom stereocenters. The normalized spacial score (nSPS) is 16.0. The van der Waals surface area contributed by atoms with Gasteiger partial charge in [0.15, 0.2) is 5.65 Å². The van der Waals surface area contributed by atoms with Gasteiger partial charge in [0.25, 0.3) is 0 Å². The Hall–Kier alpha value is -1.79. The van der Waals surface area contributed by atoms with E-state index in [4.69, 9.17) is 14.6 Å². The molecule has 0 saturated heterocycles. The van der Waals surface area contributed by atoms with Gasteiger partial charge in [0.1, 0.15) is 29.7 Å². The SMILES string of the molecule is C[Si](C)(C)CCOCn1nc(-c2ccc3c(c2)OCCNS3(=O)=O)c2cc(Br)cnc21. The zero-order valence-electron chi connectivity index (χ0n) is 17.7. The van der Waals surface area contributed by atoms with E-state index in [2.05, 4.69) is 45.3 Å². The van der Waals surface area contributed by atoms with E-state index in [9.17, 15) is 8.42 Å². The summed E-state index contributed by atoms with van der Waals surface area (Å²) in [6, 6.07) is 8.04. The van der Waals surface area contributed by atoms with E-state index in [1.165, 1.54) is 0 Å². The van der Waals surface area contributed by atoms with Crippen LogP contribution in [0, 0.1) is 0 Å². The molecule has 8 nitrogen and oxygen atoms in total. The van der Waals surface area contributed by atoms with Crippen LogP contribution in [0.3, 0.4) is 0 Å². The van der Waals surface area contributed by atoms with E-state index in [1.807, 2.05) is 6.07 Å². The molecule has 0 saturated carbocycles. The lowest BCUT2D eigenvalue weighted by atomic mass is 10.1. The first-order valence-electron chi connectivity index (χ1n) is 10.0. The Labute approximate surface area is 191 Å². The maximum Gasteiger partial charge on any atom is 0.244 e. The topological polar surface area (TPSA) is 95.3 Å². The highest BCUT2D eigenvalue weighted by atomic mass is 79.9. The van der Waals surface area contributed by atoms with E-state index >= 15 is 0 Å². The molecule has 0 radical (unpaired) electrons. The second-order valence-electron chi connectivity index (χ2n) is 8.63. The van der Waals surface area contributed by atoms with Gasteiger partial charge in [-0.05, 0) is 40.2 Å². The number of nitrogens with one attached hydrogen (secondary N) is 1. The predicted octanol–water partition coefficient (Wildman–Crippen LogP) is 3.84. The monoisotopic (exact) mass is 524 g/mol. The molecule has 0 aliphatic carbocycles. The van der Waals surface area contributed by atoms with Crippen LogP contribution in [-0.4, -0.2) is 51.0 Å². The fourth-order valence-corrected chi connectivity index (χ4v) is 5.50. The lowest BCUT2D eigenvalue weighted by molar-refractivity contribution is 0.0814. The van der Waals surface area contributed by atoms with Crippen molar-refractivity contribution in [2.24, 2.45) is 0 Å². The van der Waals surface area contributed by atoms with Gasteiger partial charge >= 0.3 is 0 Å². The van der Waals surface area contributed by atoms with Crippen molar-refractivity contribution in [3.63, 3.8) is 0 Å². The van der Waals surface area contributed by atoms with Crippen LogP contribution in [0.25, 0.3) is 22.3 Å². The molecule has 0 bridgehead atoms. The Morgan fingerprint density at radius 3 is 2.87 bits per heavy atom. The van der Waals surface area contributed by atoms with Crippen LogP contribution in [0.2, 0.25) is 25.7 Å². The third-order valence-corrected chi connectivity index (χ3v) is 8.56. The highest BCUT2D eigenvalue weighted by molar-refractivity contribution is 9.10. The Bertz CT molecular complexity index is 1220. The number of hydrogen-bond donors (Lipinski definition) is 1. The highest BCUT2D eigenvalue weighted by Crippen LogP contribution is 2.34. The fraction of sp³-hybridized carbons (Fsp3) is 0.400. The molecule has 2 aromatic heterocycles. The lowest BCUT2D eigenvalue weighted by Crippen LogP contribution is -2.24. The smallest absolute Gasteiger partial charge is 0.244 e. The van der Waals surface area contributed by atoms with Gasteiger partial charge in [-0.2, -0.15) is 5.10 Å². The average Bonchev–Trinajstić information content (AvgIpc) is 2.97. The second-order valence-corrected chi connectivity index (χ2v) is 16.9. The van der Waals surface area contributed by atoms with Crippen LogP contribution in [0.15, 0.2) is 39.8 Å². The van der Waals surface area contributed by atoms with Crippen molar-refractivity contribution in [1.82, 2.24) is 19.5 Å². The van der Waals surface area contributed by atoms with Crippen LogP contribution in [0.5, 0.6) is 5.75 Å². The molecule has 31 heavy (non-hydrogen) atoms. The molecule has 4 rings (SSSR count). The largest absolute Gasteiger partial charge is 0.491 e. The first kappa shape index (κ1) is 22.4. The fourth-order valence-electron chi connectivity index (χ4n) is 3.27. The molecule has 1 aromatic carbocycles. The van der Waals surface area contributed by atoms with Gasteiger partial charge in [-0.3, -0.25) is 0 Å². The Morgan fingerprint density at radius 2 is 2.10 bits per heavy atom. The van der Waals surface area contributed by atoms with Crippen LogP contribution in [0.1, 0.15) is 0 Å². The number of fused-ring (bicyclic) bond motifs is 2. The van der Waals surface area contributed by atoms with Crippen LogP contribution in [0.4, 0.5) is 0 Å². The molecule has 11 heteroatoms. The van der Waals surface area contributed by atoms with Crippen molar-refractivity contribution in [2.75, 3.05) is 19.8 Å². The van der Waals surface area contributed by atoms with Crippen molar-refractivity contribution < 1.29 is 17.9 Å². The summed E-state index contributed by atoms with van der Waals surface area (Å²) in [5.41, 5.74) is 2.15. The number of pyridine rings is 1. The van der Waals surface area contributed by atoms with Gasteiger partial charge < -0.3 is 9.47 Å². The van der Waals surface area contributed by atoms with E-state index in [-0.39, 0.29) is 18.0 Å². The number of rotatable bonds is 6. The average molecular weight is 526 g/mol. The minimum atomic E-state index is -3.59. The molecule has 0 fully saturated rings. The first-order chi connectivity index (χ1) is 14.6. The number of halogens is 1. The third kappa shape index (κ3) is 5.01. The van der Waals surface area contributed by atoms with E-state index in [1.54, 1.807) is 29.1 Å². The van der Waals surface area contributed by atoms with E-state index < -0.39 is 18.1 Å². The molecule has 1 N–H and O–H groups in total. The summed E-state index contributed by atoms with van der Waals surface area (Å²) < 4.78 is 41.4. The van der Waals surface area contributed by atoms with E-state index in [0.29, 0.717) is 30.4 Å². The molecular formula is C20H25BrN4O4SSi. The molecule has 0 spiro atoms. The Kier molecular flexibility index (Phi) is 6.23. The first-order valence-corrected chi connectivity index (χ1v) is 16.0. The number of benzene rings is 1. The molecule has 1 aliphatic rings. The molecular weight excluding hydrogens is 500 g/mol. The zero-order valence-corrected chi connectivity index (χ0v) is 21.1. The number of hydrogen-bond acceptors (Lipinski definition) is 6. The molecule has 1 aliphatic heterocycles. The van der Waals surface area contributed by atoms with Gasteiger partial charge in [0, 0.05) is 42.8 Å². The maximum absolute atomic E-state index is 12.4. The Morgan fingerprint density at radius 1 is 1.29 bits per heavy atom. The van der Waals surface area contributed by atoms with Crippen LogP contribution in [-0.2, 0) is 21.5 Å². The van der Waals surface area contributed by atoms with Gasteiger partial charge in [-0.25, -0.2) is 22.8 Å². The molecule has 0 unspecified atom stereocenters. The zero-order chi connectivity index (χ0) is 22.2.